The molecule has 33 heavy (non-hydrogen) atoms. The molecular formula is C22H26N2O8S. The number of benzene rings is 2. The van der Waals surface area contributed by atoms with Crippen molar-refractivity contribution in [3.8, 4) is 11.5 Å². The Morgan fingerprint density at radius 1 is 1.15 bits per heavy atom. The minimum absolute atomic E-state index is 0.0924. The molecule has 0 aromatic heterocycles. The zero-order valence-corrected chi connectivity index (χ0v) is 19.5. The molecule has 1 aliphatic heterocycles. The molecule has 0 radical (unpaired) electrons. The van der Waals surface area contributed by atoms with Crippen molar-refractivity contribution in [1.29, 1.82) is 0 Å². The van der Waals surface area contributed by atoms with Crippen LogP contribution in [0.1, 0.15) is 46.2 Å². The van der Waals surface area contributed by atoms with Gasteiger partial charge in [0.1, 0.15) is 9.84 Å². The molecule has 0 spiro atoms. The van der Waals surface area contributed by atoms with Crippen molar-refractivity contribution in [1.82, 2.24) is 0 Å². The predicted octanol–water partition coefficient (Wildman–Crippen LogP) is 2.09. The molecular weight excluding hydrogens is 452 g/mol. The van der Waals surface area contributed by atoms with Gasteiger partial charge in [-0.25, -0.2) is 18.0 Å². The van der Waals surface area contributed by atoms with Gasteiger partial charge in [-0.05, 0) is 36.8 Å². The number of amides is 1. The van der Waals surface area contributed by atoms with E-state index in [9.17, 15) is 22.8 Å². The molecule has 10 nitrogen and oxygen atoms in total. The maximum atomic E-state index is 11.3. The Morgan fingerprint density at radius 2 is 1.85 bits per heavy atom. The lowest BCUT2D eigenvalue weighted by atomic mass is 10.1. The summed E-state index contributed by atoms with van der Waals surface area (Å²) in [5, 5.41) is 2.46. The fourth-order valence-electron chi connectivity index (χ4n) is 3.04. The molecule has 11 heteroatoms. The molecule has 1 unspecified atom stereocenters. The summed E-state index contributed by atoms with van der Waals surface area (Å²) in [5.74, 6) is -0.629. The second-order valence-corrected chi connectivity index (χ2v) is 9.31. The van der Waals surface area contributed by atoms with E-state index in [0.717, 1.165) is 0 Å². The molecule has 3 rings (SSSR count). The highest BCUT2D eigenvalue weighted by Crippen LogP contribution is 2.30. The molecule has 0 saturated heterocycles. The smallest absolute Gasteiger partial charge is 0.349 e. The van der Waals surface area contributed by atoms with Gasteiger partial charge in [-0.2, -0.15) is 0 Å². The number of esters is 2. The van der Waals surface area contributed by atoms with Gasteiger partial charge in [0.2, 0.25) is 5.91 Å². The number of carbonyl (C=O) groups is 3. The van der Waals surface area contributed by atoms with Crippen molar-refractivity contribution in [2.75, 3.05) is 31.0 Å². The van der Waals surface area contributed by atoms with Crippen molar-refractivity contribution >= 4 is 33.4 Å². The van der Waals surface area contributed by atoms with Crippen LogP contribution in [0.3, 0.4) is 0 Å². The first kappa shape index (κ1) is 25.8. The van der Waals surface area contributed by atoms with Crippen molar-refractivity contribution < 1.29 is 37.0 Å². The van der Waals surface area contributed by atoms with E-state index in [4.69, 9.17) is 15.2 Å². The number of ether oxygens (including phenoxy) is 3. The highest BCUT2D eigenvalue weighted by atomic mass is 32.2. The summed E-state index contributed by atoms with van der Waals surface area (Å²) in [6.45, 7) is 3.69. The van der Waals surface area contributed by atoms with E-state index < -0.39 is 27.8 Å². The van der Waals surface area contributed by atoms with Crippen molar-refractivity contribution in [3.63, 3.8) is 0 Å². The zero-order valence-electron chi connectivity index (χ0n) is 18.7. The highest BCUT2D eigenvalue weighted by Gasteiger charge is 2.32. The van der Waals surface area contributed by atoms with E-state index in [1.165, 1.54) is 19.2 Å². The lowest BCUT2D eigenvalue weighted by Gasteiger charge is -2.15. The summed E-state index contributed by atoms with van der Waals surface area (Å²) in [4.78, 5) is 33.3. The molecule has 1 atom stereocenters. The number of fused-ring (bicyclic) bond motifs is 1. The number of hydrogen-bond donors (Lipinski definition) is 2. The van der Waals surface area contributed by atoms with Crippen LogP contribution in [0.15, 0.2) is 36.4 Å². The topological polar surface area (TPSA) is 151 Å². The molecule has 2 aromatic rings. The van der Waals surface area contributed by atoms with Crippen LogP contribution in [0.2, 0.25) is 0 Å². The molecule has 2 aromatic carbocycles. The zero-order chi connectivity index (χ0) is 24.8. The second-order valence-electron chi connectivity index (χ2n) is 7.13. The van der Waals surface area contributed by atoms with Crippen molar-refractivity contribution in [3.05, 3.63) is 53.1 Å². The SMILES string of the molecule is CC(=O)Nc1cccc2c1C(=O)OC2=O.CCOc1cc(C(N)CS(C)(=O)=O)ccc1OC. The lowest BCUT2D eigenvalue weighted by Crippen LogP contribution is -2.20. The molecule has 1 heterocycles. The Morgan fingerprint density at radius 3 is 2.42 bits per heavy atom. The van der Waals surface area contributed by atoms with Gasteiger partial charge >= 0.3 is 11.9 Å². The standard InChI is InChI=1S/C12H19NO4S.C10H7NO4/c1-4-17-12-7-9(5-6-11(12)16-2)10(13)8-18(3,14)15;1-5(12)11-7-4-2-3-6-8(7)10(14)15-9(6)13/h5-7,10H,4,8,13H2,1-3H3;2-4H,1H3,(H,11,12). The minimum Gasteiger partial charge on any atom is -0.493 e. The number of nitrogens with one attached hydrogen (secondary N) is 1. The molecule has 0 fully saturated rings. The van der Waals surface area contributed by atoms with Gasteiger partial charge in [0.15, 0.2) is 11.5 Å². The molecule has 0 bridgehead atoms. The van der Waals surface area contributed by atoms with Crippen LogP contribution in [0.4, 0.5) is 5.69 Å². The van der Waals surface area contributed by atoms with Crippen molar-refractivity contribution in [2.45, 2.75) is 19.9 Å². The third-order valence-electron chi connectivity index (χ3n) is 4.38. The van der Waals surface area contributed by atoms with Gasteiger partial charge in [0.05, 0.1) is 36.3 Å². The maximum Gasteiger partial charge on any atom is 0.349 e. The fourth-order valence-corrected chi connectivity index (χ4v) is 3.89. The lowest BCUT2D eigenvalue weighted by molar-refractivity contribution is -0.114. The number of rotatable bonds is 7. The van der Waals surface area contributed by atoms with E-state index in [2.05, 4.69) is 10.1 Å². The number of nitrogens with two attached hydrogens (primary N) is 1. The largest absolute Gasteiger partial charge is 0.493 e. The monoisotopic (exact) mass is 478 g/mol. The molecule has 1 amide bonds. The first-order chi connectivity index (χ1) is 15.5. The van der Waals surface area contributed by atoms with Crippen LogP contribution in [-0.2, 0) is 19.4 Å². The highest BCUT2D eigenvalue weighted by molar-refractivity contribution is 7.90. The Kier molecular flexibility index (Phi) is 8.55. The molecule has 0 saturated carbocycles. The Balaban J connectivity index is 0.000000237. The number of sulfone groups is 1. The van der Waals surface area contributed by atoms with E-state index in [1.54, 1.807) is 37.4 Å². The Hall–Kier alpha value is -3.44. The number of carbonyl (C=O) groups excluding carboxylic acids is 3. The Bertz CT molecular complexity index is 1160. The van der Waals surface area contributed by atoms with E-state index in [0.29, 0.717) is 29.4 Å². The fraction of sp³-hybridized carbons (Fsp3) is 0.318. The van der Waals surface area contributed by atoms with Gasteiger partial charge in [0.25, 0.3) is 0 Å². The third-order valence-corrected chi connectivity index (χ3v) is 5.35. The molecule has 3 N–H and O–H groups in total. The number of methoxy groups -OCH3 is 1. The molecule has 1 aliphatic rings. The van der Waals surface area contributed by atoms with Gasteiger partial charge in [-0.1, -0.05) is 12.1 Å². The second kappa shape index (κ2) is 10.9. The molecule has 178 valence electrons. The number of cyclic esters (lactones) is 2. The van der Waals surface area contributed by atoms with Gasteiger partial charge < -0.3 is 25.3 Å². The summed E-state index contributed by atoms with van der Waals surface area (Å²) in [6, 6.07) is 9.22. The van der Waals surface area contributed by atoms with E-state index >= 15 is 0 Å². The number of anilines is 1. The minimum atomic E-state index is -3.11. The van der Waals surface area contributed by atoms with Crippen LogP contribution in [0.5, 0.6) is 11.5 Å². The first-order valence-corrected chi connectivity index (χ1v) is 11.9. The summed E-state index contributed by atoms with van der Waals surface area (Å²) in [6.07, 6.45) is 1.17. The van der Waals surface area contributed by atoms with Gasteiger partial charge in [-0.3, -0.25) is 4.79 Å². The van der Waals surface area contributed by atoms with Crippen LogP contribution in [-0.4, -0.2) is 52.0 Å². The summed E-state index contributed by atoms with van der Waals surface area (Å²) >= 11 is 0. The maximum absolute atomic E-state index is 11.3. The van der Waals surface area contributed by atoms with Gasteiger partial charge in [-0.15, -0.1) is 0 Å². The normalized spacial score (nSPS) is 13.2. The van der Waals surface area contributed by atoms with Crippen LogP contribution >= 0.6 is 0 Å². The summed E-state index contributed by atoms with van der Waals surface area (Å²) < 4.78 is 37.4. The summed E-state index contributed by atoms with van der Waals surface area (Å²) in [7, 11) is -1.56. The first-order valence-electron chi connectivity index (χ1n) is 9.88. The predicted molar refractivity (Wildman–Crippen MR) is 121 cm³/mol. The van der Waals surface area contributed by atoms with Crippen molar-refractivity contribution in [2.24, 2.45) is 5.73 Å². The quantitative estimate of drug-likeness (QED) is 0.450. The van der Waals surface area contributed by atoms with E-state index in [-0.39, 0.29) is 22.8 Å². The number of hydrogen-bond acceptors (Lipinski definition) is 9. The summed E-state index contributed by atoms with van der Waals surface area (Å²) in [5.41, 5.74) is 7.19. The van der Waals surface area contributed by atoms with Crippen LogP contribution < -0.4 is 20.5 Å². The Labute approximate surface area is 191 Å². The molecule has 0 aliphatic carbocycles. The average Bonchev–Trinajstić information content (AvgIpc) is 3.01. The van der Waals surface area contributed by atoms with Crippen LogP contribution in [0.25, 0.3) is 0 Å². The third kappa shape index (κ3) is 7.02. The van der Waals surface area contributed by atoms with Gasteiger partial charge in [0, 0.05) is 19.2 Å². The van der Waals surface area contributed by atoms with E-state index in [1.807, 2.05) is 6.92 Å². The van der Waals surface area contributed by atoms with Crippen LogP contribution in [0, 0.1) is 0 Å². The average molecular weight is 479 g/mol.